The first-order valence-electron chi connectivity index (χ1n) is 5.23. The zero-order chi connectivity index (χ0) is 13.1. The molecule has 0 saturated carbocycles. The quantitative estimate of drug-likeness (QED) is 0.464. The summed E-state index contributed by atoms with van der Waals surface area (Å²) in [4.78, 5) is 25.2. The van der Waals surface area contributed by atoms with Gasteiger partial charge in [0.05, 0.1) is 4.91 Å². The summed E-state index contributed by atoms with van der Waals surface area (Å²) in [6, 6.07) is 7.76. The number of hydrogen-bond acceptors (Lipinski definition) is 3. The maximum Gasteiger partial charge on any atom is 0.293 e. The molecule has 1 aromatic rings. The molecule has 0 bridgehead atoms. The zero-order valence-corrected chi connectivity index (χ0v) is 12.4. The van der Waals surface area contributed by atoms with Gasteiger partial charge in [-0.25, -0.2) is 0 Å². The van der Waals surface area contributed by atoms with Crippen molar-refractivity contribution >= 4 is 51.6 Å². The van der Waals surface area contributed by atoms with Crippen molar-refractivity contribution in [2.75, 3.05) is 6.54 Å². The second-order valence-corrected chi connectivity index (χ2v) is 5.87. The van der Waals surface area contributed by atoms with E-state index in [2.05, 4.69) is 29.2 Å². The van der Waals surface area contributed by atoms with Gasteiger partial charge < -0.3 is 0 Å². The largest absolute Gasteiger partial charge is 0.293 e. The second kappa shape index (κ2) is 5.71. The van der Waals surface area contributed by atoms with E-state index in [4.69, 9.17) is 0 Å². The first-order valence-corrected chi connectivity index (χ1v) is 7.13. The molecule has 0 atom stereocenters. The van der Waals surface area contributed by atoms with Crippen molar-refractivity contribution < 1.29 is 9.59 Å². The Morgan fingerprint density at radius 1 is 1.39 bits per heavy atom. The van der Waals surface area contributed by atoms with E-state index in [9.17, 15) is 9.59 Å². The molecule has 0 N–H and O–H groups in total. The third-order valence-electron chi connectivity index (χ3n) is 2.33. The predicted molar refractivity (Wildman–Crippen MR) is 82.0 cm³/mol. The molecule has 0 radical (unpaired) electrons. The summed E-state index contributed by atoms with van der Waals surface area (Å²) >= 11 is 3.18. The molecule has 0 aliphatic carbocycles. The van der Waals surface area contributed by atoms with Crippen LogP contribution in [0, 0.1) is 3.57 Å². The minimum absolute atomic E-state index is 0.239. The van der Waals surface area contributed by atoms with Crippen molar-refractivity contribution in [3.8, 4) is 0 Å². The number of rotatable bonds is 3. The fourth-order valence-electron chi connectivity index (χ4n) is 1.53. The van der Waals surface area contributed by atoms with Crippen LogP contribution in [0.25, 0.3) is 6.08 Å². The maximum absolute atomic E-state index is 12.0. The number of carbonyl (C=O) groups is 2. The molecule has 0 spiro atoms. The smallest absolute Gasteiger partial charge is 0.268 e. The summed E-state index contributed by atoms with van der Waals surface area (Å²) in [5.74, 6) is -0.247. The van der Waals surface area contributed by atoms with Gasteiger partial charge in [-0.2, -0.15) is 0 Å². The second-order valence-electron chi connectivity index (χ2n) is 3.64. The standard InChI is InChI=1S/C13H10INO2S/c1-2-6-15-12(16)11(18-13(15)17)8-9-4-3-5-10(14)7-9/h2-5,7-8H,1,6H2. The van der Waals surface area contributed by atoms with Gasteiger partial charge in [0.1, 0.15) is 0 Å². The van der Waals surface area contributed by atoms with Crippen LogP contribution in [0.15, 0.2) is 41.8 Å². The Balaban J connectivity index is 2.27. The Labute approximate surface area is 123 Å². The van der Waals surface area contributed by atoms with E-state index in [1.165, 1.54) is 4.90 Å². The molecule has 3 nitrogen and oxygen atoms in total. The number of carbonyl (C=O) groups excluding carboxylic acids is 2. The fraction of sp³-hybridized carbons (Fsp3) is 0.0769. The average Bonchev–Trinajstić information content (AvgIpc) is 2.57. The minimum Gasteiger partial charge on any atom is -0.268 e. The minimum atomic E-state index is -0.247. The molecule has 1 aromatic carbocycles. The van der Waals surface area contributed by atoms with Crippen LogP contribution < -0.4 is 0 Å². The van der Waals surface area contributed by atoms with Crippen LogP contribution in [0.5, 0.6) is 0 Å². The first-order chi connectivity index (χ1) is 8.61. The topological polar surface area (TPSA) is 37.4 Å². The van der Waals surface area contributed by atoms with Gasteiger partial charge in [0.15, 0.2) is 0 Å². The van der Waals surface area contributed by atoms with Gasteiger partial charge in [-0.1, -0.05) is 18.2 Å². The van der Waals surface area contributed by atoms with Crippen molar-refractivity contribution in [1.82, 2.24) is 4.90 Å². The number of halogens is 1. The van der Waals surface area contributed by atoms with Crippen molar-refractivity contribution in [2.45, 2.75) is 0 Å². The molecule has 18 heavy (non-hydrogen) atoms. The Morgan fingerprint density at radius 2 is 2.17 bits per heavy atom. The van der Waals surface area contributed by atoms with Crippen LogP contribution in [-0.2, 0) is 4.79 Å². The summed E-state index contributed by atoms with van der Waals surface area (Å²) in [6.45, 7) is 3.80. The summed E-state index contributed by atoms with van der Waals surface area (Å²) in [6.07, 6.45) is 3.29. The zero-order valence-electron chi connectivity index (χ0n) is 9.43. The van der Waals surface area contributed by atoms with Gasteiger partial charge in [0.25, 0.3) is 11.1 Å². The Kier molecular flexibility index (Phi) is 4.23. The molecular formula is C13H10INO2S. The number of nitrogens with zero attached hydrogens (tertiary/aromatic N) is 1. The van der Waals surface area contributed by atoms with Crippen LogP contribution in [-0.4, -0.2) is 22.6 Å². The lowest BCUT2D eigenvalue weighted by Gasteiger charge is -2.07. The van der Waals surface area contributed by atoms with Crippen LogP contribution >= 0.6 is 34.4 Å². The van der Waals surface area contributed by atoms with Gasteiger partial charge in [-0.15, -0.1) is 6.58 Å². The van der Waals surface area contributed by atoms with Gasteiger partial charge in [-0.3, -0.25) is 14.5 Å². The average molecular weight is 371 g/mol. The van der Waals surface area contributed by atoms with E-state index < -0.39 is 0 Å². The van der Waals surface area contributed by atoms with Crippen molar-refractivity contribution in [1.29, 1.82) is 0 Å². The monoisotopic (exact) mass is 371 g/mol. The van der Waals surface area contributed by atoms with E-state index in [-0.39, 0.29) is 17.7 Å². The molecule has 0 aromatic heterocycles. The molecule has 2 amide bonds. The van der Waals surface area contributed by atoms with Crippen LogP contribution in [0.2, 0.25) is 0 Å². The van der Waals surface area contributed by atoms with E-state index in [1.54, 1.807) is 12.2 Å². The molecule has 1 fully saturated rings. The van der Waals surface area contributed by atoms with Crippen LogP contribution in [0.4, 0.5) is 4.79 Å². The van der Waals surface area contributed by atoms with Gasteiger partial charge in [0, 0.05) is 10.1 Å². The van der Waals surface area contributed by atoms with Crippen LogP contribution in [0.3, 0.4) is 0 Å². The number of thioether (sulfide) groups is 1. The van der Waals surface area contributed by atoms with E-state index >= 15 is 0 Å². The van der Waals surface area contributed by atoms with Gasteiger partial charge in [0.2, 0.25) is 0 Å². The van der Waals surface area contributed by atoms with Crippen molar-refractivity contribution in [3.63, 3.8) is 0 Å². The number of imide groups is 1. The molecule has 0 unspecified atom stereocenters. The highest BCUT2D eigenvalue weighted by Gasteiger charge is 2.33. The van der Waals surface area contributed by atoms with E-state index in [0.717, 1.165) is 20.9 Å². The fourth-order valence-corrected chi connectivity index (χ4v) is 2.95. The maximum atomic E-state index is 12.0. The van der Waals surface area contributed by atoms with Crippen molar-refractivity contribution in [3.05, 3.63) is 51.0 Å². The van der Waals surface area contributed by atoms with Crippen LogP contribution in [0.1, 0.15) is 5.56 Å². The van der Waals surface area contributed by atoms with Gasteiger partial charge >= 0.3 is 0 Å². The predicted octanol–water partition coefficient (Wildman–Crippen LogP) is 3.51. The third-order valence-corrected chi connectivity index (χ3v) is 3.91. The number of hydrogen-bond donors (Lipinski definition) is 0. The molecular weight excluding hydrogens is 361 g/mol. The normalized spacial score (nSPS) is 17.6. The molecule has 1 aliphatic rings. The molecule has 2 rings (SSSR count). The Bertz CT molecular complexity index is 554. The number of benzene rings is 1. The first kappa shape index (κ1) is 13.4. The lowest BCUT2D eigenvalue weighted by molar-refractivity contribution is -0.122. The van der Waals surface area contributed by atoms with Gasteiger partial charge in [-0.05, 0) is 58.1 Å². The molecule has 1 aliphatic heterocycles. The Morgan fingerprint density at radius 3 is 2.83 bits per heavy atom. The van der Waals surface area contributed by atoms with E-state index in [0.29, 0.717) is 4.91 Å². The Hall–Kier alpha value is -1.08. The summed E-state index contributed by atoms with van der Waals surface area (Å²) < 4.78 is 1.09. The molecule has 5 heteroatoms. The lowest BCUT2D eigenvalue weighted by atomic mass is 10.2. The molecule has 92 valence electrons. The summed E-state index contributed by atoms with van der Waals surface area (Å²) in [7, 11) is 0. The SMILES string of the molecule is C=CCN1C(=O)SC(=Cc2cccc(I)c2)C1=O. The highest BCUT2D eigenvalue weighted by molar-refractivity contribution is 14.1. The number of amides is 2. The summed E-state index contributed by atoms with van der Waals surface area (Å²) in [5, 5.41) is -0.239. The lowest BCUT2D eigenvalue weighted by Crippen LogP contribution is -2.27. The van der Waals surface area contributed by atoms with E-state index in [1.807, 2.05) is 24.3 Å². The highest BCUT2D eigenvalue weighted by Crippen LogP contribution is 2.32. The third kappa shape index (κ3) is 2.84. The molecule has 1 heterocycles. The highest BCUT2D eigenvalue weighted by atomic mass is 127. The summed E-state index contributed by atoms with van der Waals surface area (Å²) in [5.41, 5.74) is 0.922. The molecule has 1 saturated heterocycles. The van der Waals surface area contributed by atoms with Crippen molar-refractivity contribution in [2.24, 2.45) is 0 Å².